The van der Waals surface area contributed by atoms with Crippen molar-refractivity contribution >= 4 is 5.91 Å². The molecule has 1 aromatic carbocycles. The van der Waals surface area contributed by atoms with Crippen LogP contribution in [-0.2, 0) is 20.2 Å². The molecule has 6 heteroatoms. The molecule has 0 atom stereocenters. The Morgan fingerprint density at radius 1 is 1.19 bits per heavy atom. The highest BCUT2D eigenvalue weighted by molar-refractivity contribution is 5.91. The molecule has 0 bridgehead atoms. The van der Waals surface area contributed by atoms with Crippen molar-refractivity contribution in [2.75, 3.05) is 0 Å². The third-order valence-corrected chi connectivity index (χ3v) is 4.52. The third kappa shape index (κ3) is 3.96. The quantitative estimate of drug-likeness (QED) is 0.737. The fourth-order valence-corrected chi connectivity index (χ4v) is 2.52. The summed E-state index contributed by atoms with van der Waals surface area (Å²) in [4.78, 5) is 12.2. The average Bonchev–Trinajstić information content (AvgIpc) is 3.22. The van der Waals surface area contributed by atoms with Crippen LogP contribution in [0.5, 0.6) is 5.75 Å². The Morgan fingerprint density at radius 3 is 2.69 bits per heavy atom. The minimum atomic E-state index is -0.259. The molecule has 2 heterocycles. The van der Waals surface area contributed by atoms with Gasteiger partial charge in [-0.2, -0.15) is 5.10 Å². The number of rotatable bonds is 6. The lowest BCUT2D eigenvalue weighted by molar-refractivity contribution is 0.0919. The average molecular weight is 353 g/mol. The van der Waals surface area contributed by atoms with Crippen LogP contribution in [0.25, 0.3) is 0 Å². The molecule has 26 heavy (non-hydrogen) atoms. The van der Waals surface area contributed by atoms with Gasteiger partial charge in [0.1, 0.15) is 18.1 Å². The summed E-state index contributed by atoms with van der Waals surface area (Å²) in [6.45, 7) is 6.75. The first kappa shape index (κ1) is 17.8. The van der Waals surface area contributed by atoms with Crippen molar-refractivity contribution in [3.63, 3.8) is 0 Å². The van der Waals surface area contributed by atoms with Gasteiger partial charge >= 0.3 is 0 Å². The summed E-state index contributed by atoms with van der Waals surface area (Å²) >= 11 is 0. The van der Waals surface area contributed by atoms with E-state index in [2.05, 4.69) is 17.3 Å². The Kier molecular flexibility index (Phi) is 5.11. The Morgan fingerprint density at radius 2 is 2.00 bits per heavy atom. The van der Waals surface area contributed by atoms with Gasteiger partial charge in [-0.3, -0.25) is 9.48 Å². The van der Waals surface area contributed by atoms with Crippen LogP contribution >= 0.6 is 0 Å². The van der Waals surface area contributed by atoms with Crippen molar-refractivity contribution in [3.05, 3.63) is 70.4 Å². The number of furan rings is 1. The van der Waals surface area contributed by atoms with Gasteiger partial charge in [0.05, 0.1) is 6.20 Å². The van der Waals surface area contributed by atoms with E-state index >= 15 is 0 Å². The zero-order valence-corrected chi connectivity index (χ0v) is 15.5. The number of aromatic nitrogens is 2. The van der Waals surface area contributed by atoms with Crippen LogP contribution in [-0.4, -0.2) is 15.7 Å². The lowest BCUT2D eigenvalue weighted by atomic mass is 10.1. The second-order valence-corrected chi connectivity index (χ2v) is 6.36. The zero-order valence-electron chi connectivity index (χ0n) is 15.5. The van der Waals surface area contributed by atoms with Crippen molar-refractivity contribution in [1.82, 2.24) is 15.1 Å². The molecule has 0 aliphatic rings. The van der Waals surface area contributed by atoms with E-state index in [0.29, 0.717) is 12.3 Å². The van der Waals surface area contributed by atoms with Crippen molar-refractivity contribution in [2.45, 2.75) is 33.9 Å². The molecule has 2 aromatic heterocycles. The topological polar surface area (TPSA) is 69.3 Å². The Bertz CT molecular complexity index is 924. The zero-order chi connectivity index (χ0) is 18.7. The Hall–Kier alpha value is -3.02. The van der Waals surface area contributed by atoms with Gasteiger partial charge in [-0.15, -0.1) is 0 Å². The summed E-state index contributed by atoms with van der Waals surface area (Å²) in [5.41, 5.74) is 4.39. The summed E-state index contributed by atoms with van der Waals surface area (Å²) in [5.74, 6) is 1.39. The van der Waals surface area contributed by atoms with Crippen LogP contribution in [0.2, 0.25) is 0 Å². The molecule has 0 radical (unpaired) electrons. The standard InChI is InChI=1S/C20H23N3O3/c1-13-5-6-17(9-14(13)2)25-12-18-7-8-19(26-18)20(24)21-10-16-11-22-23(4)15(16)3/h5-9,11H,10,12H2,1-4H3,(H,21,24). The van der Waals surface area contributed by atoms with E-state index in [1.165, 1.54) is 11.1 Å². The van der Waals surface area contributed by atoms with Crippen molar-refractivity contribution in [3.8, 4) is 5.75 Å². The molecule has 6 nitrogen and oxygen atoms in total. The molecule has 3 rings (SSSR count). The summed E-state index contributed by atoms with van der Waals surface area (Å²) in [6, 6.07) is 9.35. The lowest BCUT2D eigenvalue weighted by Crippen LogP contribution is -2.22. The van der Waals surface area contributed by atoms with Crippen LogP contribution in [0, 0.1) is 20.8 Å². The fraction of sp³-hybridized carbons (Fsp3) is 0.300. The van der Waals surface area contributed by atoms with E-state index in [4.69, 9.17) is 9.15 Å². The predicted molar refractivity (Wildman–Crippen MR) is 98.1 cm³/mol. The van der Waals surface area contributed by atoms with Crippen LogP contribution < -0.4 is 10.1 Å². The number of aryl methyl sites for hydroxylation is 3. The van der Waals surface area contributed by atoms with Gasteiger partial charge in [0.25, 0.3) is 5.91 Å². The number of carbonyl (C=O) groups excluding carboxylic acids is 1. The van der Waals surface area contributed by atoms with E-state index < -0.39 is 0 Å². The number of nitrogens with one attached hydrogen (secondary N) is 1. The second-order valence-electron chi connectivity index (χ2n) is 6.36. The highest BCUT2D eigenvalue weighted by atomic mass is 16.5. The number of carbonyl (C=O) groups is 1. The van der Waals surface area contributed by atoms with Crippen LogP contribution in [0.3, 0.4) is 0 Å². The minimum absolute atomic E-state index is 0.259. The maximum absolute atomic E-state index is 12.2. The molecule has 0 aliphatic carbocycles. The number of amides is 1. The summed E-state index contributed by atoms with van der Waals surface area (Å²) in [5, 5.41) is 7.00. The first-order chi connectivity index (χ1) is 12.4. The molecule has 136 valence electrons. The molecule has 0 saturated carbocycles. The van der Waals surface area contributed by atoms with Gasteiger partial charge in [0, 0.05) is 24.8 Å². The van der Waals surface area contributed by atoms with Crippen molar-refractivity contribution < 1.29 is 13.9 Å². The summed E-state index contributed by atoms with van der Waals surface area (Å²) in [6.07, 6.45) is 1.75. The minimum Gasteiger partial charge on any atom is -0.486 e. The number of hydrogen-bond acceptors (Lipinski definition) is 4. The first-order valence-electron chi connectivity index (χ1n) is 8.48. The molecular weight excluding hydrogens is 330 g/mol. The van der Waals surface area contributed by atoms with E-state index in [1.807, 2.05) is 39.1 Å². The van der Waals surface area contributed by atoms with E-state index in [0.717, 1.165) is 17.0 Å². The smallest absolute Gasteiger partial charge is 0.287 e. The van der Waals surface area contributed by atoms with Gasteiger partial charge in [0.2, 0.25) is 0 Å². The molecule has 0 fully saturated rings. The van der Waals surface area contributed by atoms with Crippen LogP contribution in [0.15, 0.2) is 40.9 Å². The number of ether oxygens (including phenoxy) is 1. The maximum atomic E-state index is 12.2. The molecular formula is C20H23N3O3. The van der Waals surface area contributed by atoms with Crippen molar-refractivity contribution in [1.29, 1.82) is 0 Å². The van der Waals surface area contributed by atoms with E-state index in [1.54, 1.807) is 23.0 Å². The first-order valence-corrected chi connectivity index (χ1v) is 8.48. The highest BCUT2D eigenvalue weighted by Gasteiger charge is 2.13. The molecule has 1 N–H and O–H groups in total. The van der Waals surface area contributed by atoms with Crippen LogP contribution in [0.4, 0.5) is 0 Å². The fourth-order valence-electron chi connectivity index (χ4n) is 2.52. The second kappa shape index (κ2) is 7.47. The predicted octanol–water partition coefficient (Wildman–Crippen LogP) is 3.45. The van der Waals surface area contributed by atoms with Gasteiger partial charge in [-0.05, 0) is 56.2 Å². The highest BCUT2D eigenvalue weighted by Crippen LogP contribution is 2.18. The molecule has 0 aliphatic heterocycles. The normalized spacial score (nSPS) is 10.8. The molecule has 0 spiro atoms. The van der Waals surface area contributed by atoms with Crippen molar-refractivity contribution in [2.24, 2.45) is 7.05 Å². The SMILES string of the molecule is Cc1ccc(OCc2ccc(C(=O)NCc3cnn(C)c3C)o2)cc1C. The van der Waals surface area contributed by atoms with Gasteiger partial charge in [-0.1, -0.05) is 6.07 Å². The summed E-state index contributed by atoms with van der Waals surface area (Å²) in [7, 11) is 1.87. The Labute approximate surface area is 152 Å². The number of hydrogen-bond donors (Lipinski definition) is 1. The lowest BCUT2D eigenvalue weighted by Gasteiger charge is -2.07. The maximum Gasteiger partial charge on any atom is 0.287 e. The van der Waals surface area contributed by atoms with E-state index in [-0.39, 0.29) is 18.3 Å². The monoisotopic (exact) mass is 353 g/mol. The Balaban J connectivity index is 1.55. The van der Waals surface area contributed by atoms with Gasteiger partial charge in [0.15, 0.2) is 5.76 Å². The van der Waals surface area contributed by atoms with Crippen LogP contribution in [0.1, 0.15) is 38.7 Å². The number of benzene rings is 1. The van der Waals surface area contributed by atoms with Gasteiger partial charge in [-0.25, -0.2) is 0 Å². The third-order valence-electron chi connectivity index (χ3n) is 4.52. The van der Waals surface area contributed by atoms with Gasteiger partial charge < -0.3 is 14.5 Å². The summed E-state index contributed by atoms with van der Waals surface area (Å²) < 4.78 is 13.1. The molecule has 1 amide bonds. The molecule has 0 unspecified atom stereocenters. The molecule has 3 aromatic rings. The largest absolute Gasteiger partial charge is 0.486 e. The van der Waals surface area contributed by atoms with E-state index in [9.17, 15) is 4.79 Å². The number of nitrogens with zero attached hydrogens (tertiary/aromatic N) is 2. The molecule has 0 saturated heterocycles.